The quantitative estimate of drug-likeness (QED) is 0.847. The highest BCUT2D eigenvalue weighted by Gasteiger charge is 2.51. The average Bonchev–Trinajstić information content (AvgIpc) is 3.44. The molecule has 1 saturated carbocycles. The van der Waals surface area contributed by atoms with E-state index in [0.29, 0.717) is 12.5 Å². The van der Waals surface area contributed by atoms with Gasteiger partial charge in [-0.3, -0.25) is 4.68 Å². The second-order valence-corrected chi connectivity index (χ2v) is 8.02. The first-order valence-electron chi connectivity index (χ1n) is 10.1. The smallest absolute Gasteiger partial charge is 0.183 e. The molecule has 27 heavy (non-hydrogen) atoms. The minimum Gasteiger partial charge on any atom is -0.389 e. The lowest BCUT2D eigenvalue weighted by atomic mass is 9.95. The Morgan fingerprint density at radius 2 is 1.96 bits per heavy atom. The molecule has 2 N–H and O–H groups in total. The third-order valence-corrected chi connectivity index (χ3v) is 6.26. The number of benzene rings is 1. The summed E-state index contributed by atoms with van der Waals surface area (Å²) < 4.78 is 13.7. The minimum atomic E-state index is -0.596. The number of hydrogen-bond donors (Lipinski definition) is 2. The number of fused-ring (bicyclic) bond motifs is 2. The summed E-state index contributed by atoms with van der Waals surface area (Å²) in [5.41, 5.74) is 2.13. The zero-order valence-corrected chi connectivity index (χ0v) is 15.4. The first-order chi connectivity index (χ1) is 13.3. The fourth-order valence-corrected chi connectivity index (χ4v) is 4.73. The maximum Gasteiger partial charge on any atom is 0.183 e. The SMILES string of the molecule is OC1C(NCC2CCCC2)C2COC(O2)C1n1cc(-c2ccccc2)cn1. The van der Waals surface area contributed by atoms with Crippen molar-refractivity contribution in [2.75, 3.05) is 13.2 Å². The molecule has 2 aromatic rings. The van der Waals surface area contributed by atoms with Gasteiger partial charge in [0.05, 0.1) is 24.9 Å². The van der Waals surface area contributed by atoms with Crippen LogP contribution in [-0.2, 0) is 9.47 Å². The molecule has 2 aliphatic heterocycles. The summed E-state index contributed by atoms with van der Waals surface area (Å²) in [5, 5.41) is 19.2. The Morgan fingerprint density at radius 3 is 2.78 bits per heavy atom. The van der Waals surface area contributed by atoms with Gasteiger partial charge < -0.3 is 19.9 Å². The van der Waals surface area contributed by atoms with Gasteiger partial charge in [-0.25, -0.2) is 0 Å². The molecule has 0 radical (unpaired) electrons. The molecule has 5 atom stereocenters. The van der Waals surface area contributed by atoms with Crippen molar-refractivity contribution in [2.45, 2.75) is 56.3 Å². The van der Waals surface area contributed by atoms with Crippen LogP contribution < -0.4 is 5.32 Å². The Labute approximate surface area is 159 Å². The Bertz CT molecular complexity index is 759. The summed E-state index contributed by atoms with van der Waals surface area (Å²) in [7, 11) is 0. The van der Waals surface area contributed by atoms with Crippen molar-refractivity contribution in [3.63, 3.8) is 0 Å². The monoisotopic (exact) mass is 369 g/mol. The van der Waals surface area contributed by atoms with E-state index in [1.54, 1.807) is 0 Å². The zero-order valence-electron chi connectivity index (χ0n) is 15.4. The van der Waals surface area contributed by atoms with E-state index in [4.69, 9.17) is 9.47 Å². The predicted molar refractivity (Wildman–Crippen MR) is 101 cm³/mol. The molecule has 3 aliphatic rings. The van der Waals surface area contributed by atoms with Crippen molar-refractivity contribution in [3.8, 4) is 11.1 Å². The van der Waals surface area contributed by atoms with Gasteiger partial charge in [-0.1, -0.05) is 43.2 Å². The predicted octanol–water partition coefficient (Wildman–Crippen LogP) is 2.36. The van der Waals surface area contributed by atoms with Crippen LogP contribution in [0, 0.1) is 5.92 Å². The number of hydrogen-bond acceptors (Lipinski definition) is 5. The number of rotatable bonds is 5. The van der Waals surface area contributed by atoms with Gasteiger partial charge in [0.25, 0.3) is 0 Å². The molecule has 0 amide bonds. The van der Waals surface area contributed by atoms with E-state index in [1.807, 2.05) is 35.3 Å². The fourth-order valence-electron chi connectivity index (χ4n) is 4.73. The summed E-state index contributed by atoms with van der Waals surface area (Å²) in [6, 6.07) is 9.67. The molecule has 2 saturated heterocycles. The largest absolute Gasteiger partial charge is 0.389 e. The maximum absolute atomic E-state index is 11.1. The average molecular weight is 369 g/mol. The summed E-state index contributed by atoms with van der Waals surface area (Å²) in [6.07, 6.45) is 7.89. The van der Waals surface area contributed by atoms with E-state index >= 15 is 0 Å². The van der Waals surface area contributed by atoms with Crippen molar-refractivity contribution in [2.24, 2.45) is 5.92 Å². The number of nitrogens with zero attached hydrogens (tertiary/aromatic N) is 2. The number of aromatic nitrogens is 2. The van der Waals surface area contributed by atoms with Crippen LogP contribution >= 0.6 is 0 Å². The Kier molecular flexibility index (Phi) is 4.73. The molecule has 2 bridgehead atoms. The standard InChI is InChI=1S/C21H27N3O3/c25-20-18(22-10-14-6-4-5-7-14)17-13-26-21(27-17)19(20)24-12-16(11-23-24)15-8-2-1-3-9-15/h1-3,8-9,11-12,14,17-22,25H,4-7,10,13H2. The number of nitrogens with one attached hydrogen (secondary N) is 1. The molecule has 1 aromatic carbocycles. The third-order valence-electron chi connectivity index (χ3n) is 6.26. The number of ether oxygens (including phenoxy) is 2. The van der Waals surface area contributed by atoms with E-state index in [0.717, 1.165) is 17.7 Å². The van der Waals surface area contributed by atoms with E-state index in [-0.39, 0.29) is 18.2 Å². The lowest BCUT2D eigenvalue weighted by Gasteiger charge is -2.39. The minimum absolute atomic E-state index is 0.0909. The normalized spacial score (nSPS) is 33.6. The van der Waals surface area contributed by atoms with Gasteiger partial charge in [0.15, 0.2) is 6.29 Å². The molecular formula is C21H27N3O3. The second-order valence-electron chi connectivity index (χ2n) is 8.02. The van der Waals surface area contributed by atoms with Gasteiger partial charge in [-0.05, 0) is 30.9 Å². The van der Waals surface area contributed by atoms with Crippen molar-refractivity contribution in [3.05, 3.63) is 42.7 Å². The van der Waals surface area contributed by atoms with E-state index in [1.165, 1.54) is 25.7 Å². The molecule has 3 fully saturated rings. The van der Waals surface area contributed by atoms with E-state index < -0.39 is 12.4 Å². The van der Waals surface area contributed by atoms with Crippen LogP contribution in [-0.4, -0.2) is 52.6 Å². The van der Waals surface area contributed by atoms with Crippen LogP contribution in [0.25, 0.3) is 11.1 Å². The Hall–Kier alpha value is -1.73. The van der Waals surface area contributed by atoms with Crippen LogP contribution in [0.1, 0.15) is 31.7 Å². The molecule has 3 heterocycles. The van der Waals surface area contributed by atoms with E-state index in [9.17, 15) is 5.11 Å². The van der Waals surface area contributed by atoms with Gasteiger partial charge >= 0.3 is 0 Å². The van der Waals surface area contributed by atoms with Crippen LogP contribution in [0.15, 0.2) is 42.7 Å². The fraction of sp³-hybridized carbons (Fsp3) is 0.571. The van der Waals surface area contributed by atoms with Gasteiger partial charge in [-0.2, -0.15) is 5.10 Å². The van der Waals surface area contributed by atoms with Gasteiger partial charge in [0.2, 0.25) is 0 Å². The summed E-state index contributed by atoms with van der Waals surface area (Å²) in [5.74, 6) is 0.713. The van der Waals surface area contributed by atoms with Gasteiger partial charge in [0, 0.05) is 11.8 Å². The molecular weight excluding hydrogens is 342 g/mol. The van der Waals surface area contributed by atoms with E-state index in [2.05, 4.69) is 22.5 Å². The highest BCUT2D eigenvalue weighted by molar-refractivity contribution is 5.61. The van der Waals surface area contributed by atoms with Gasteiger partial charge in [-0.15, -0.1) is 0 Å². The summed E-state index contributed by atoms with van der Waals surface area (Å²) in [4.78, 5) is 0. The van der Waals surface area contributed by atoms with Crippen LogP contribution in [0.5, 0.6) is 0 Å². The lowest BCUT2D eigenvalue weighted by Crippen LogP contribution is -2.58. The van der Waals surface area contributed by atoms with Crippen LogP contribution in [0.4, 0.5) is 0 Å². The topological polar surface area (TPSA) is 68.5 Å². The first-order valence-corrected chi connectivity index (χ1v) is 10.1. The van der Waals surface area contributed by atoms with Crippen molar-refractivity contribution in [1.29, 1.82) is 0 Å². The number of aliphatic hydroxyl groups excluding tert-OH is 1. The van der Waals surface area contributed by atoms with Crippen LogP contribution in [0.3, 0.4) is 0 Å². The molecule has 1 aromatic heterocycles. The Morgan fingerprint density at radius 1 is 1.15 bits per heavy atom. The molecule has 1 aliphatic carbocycles. The van der Waals surface area contributed by atoms with Gasteiger partial charge in [0.1, 0.15) is 12.1 Å². The van der Waals surface area contributed by atoms with Crippen LogP contribution in [0.2, 0.25) is 0 Å². The summed E-state index contributed by atoms with van der Waals surface area (Å²) in [6.45, 7) is 1.46. The molecule has 5 rings (SSSR count). The molecule has 144 valence electrons. The summed E-state index contributed by atoms with van der Waals surface area (Å²) >= 11 is 0. The van der Waals surface area contributed by atoms with Crippen molar-refractivity contribution >= 4 is 0 Å². The Balaban J connectivity index is 1.34. The molecule has 0 spiro atoms. The maximum atomic E-state index is 11.1. The van der Waals surface area contributed by atoms with Crippen molar-refractivity contribution in [1.82, 2.24) is 15.1 Å². The highest BCUT2D eigenvalue weighted by Crippen LogP contribution is 2.36. The van der Waals surface area contributed by atoms with Crippen molar-refractivity contribution < 1.29 is 14.6 Å². The second kappa shape index (κ2) is 7.36. The molecule has 6 heteroatoms. The lowest BCUT2D eigenvalue weighted by molar-refractivity contribution is -0.168. The highest BCUT2D eigenvalue weighted by atomic mass is 16.7. The third kappa shape index (κ3) is 3.31. The zero-order chi connectivity index (χ0) is 18.2. The molecule has 5 unspecified atom stereocenters. The number of aliphatic hydroxyl groups is 1. The first kappa shape index (κ1) is 17.4. The molecule has 6 nitrogen and oxygen atoms in total.